The van der Waals surface area contributed by atoms with E-state index in [2.05, 4.69) is 11.1 Å². The fourth-order valence-electron chi connectivity index (χ4n) is 2.82. The van der Waals surface area contributed by atoms with Crippen molar-refractivity contribution in [2.24, 2.45) is 5.92 Å². The number of allylic oxidation sites excluding steroid dienone is 1. The number of esters is 1. The zero-order valence-corrected chi connectivity index (χ0v) is 16.6. The molecule has 2 aromatic carbocycles. The minimum Gasteiger partial charge on any atom is -0.493 e. The normalized spacial score (nSPS) is 13.6. The molecule has 5 nitrogen and oxygen atoms in total. The van der Waals surface area contributed by atoms with Gasteiger partial charge in [-0.05, 0) is 36.6 Å². The van der Waals surface area contributed by atoms with Crippen LogP contribution in [0.5, 0.6) is 11.5 Å². The summed E-state index contributed by atoms with van der Waals surface area (Å²) in [7, 11) is 1.52. The summed E-state index contributed by atoms with van der Waals surface area (Å²) in [4.78, 5) is 16.5. The van der Waals surface area contributed by atoms with Crippen LogP contribution in [0, 0.1) is 17.2 Å². The number of hydrogen-bond acceptors (Lipinski definition) is 6. The van der Waals surface area contributed by atoms with Gasteiger partial charge in [0.1, 0.15) is 11.1 Å². The number of carbonyl (C=O) groups excluding carboxylic acids is 1. The van der Waals surface area contributed by atoms with Gasteiger partial charge in [-0.1, -0.05) is 36.4 Å². The summed E-state index contributed by atoms with van der Waals surface area (Å²) >= 11 is 1.43. The lowest BCUT2D eigenvalue weighted by Crippen LogP contribution is -2.10. The van der Waals surface area contributed by atoms with E-state index >= 15 is 0 Å². The minimum absolute atomic E-state index is 0.00758. The quantitative estimate of drug-likeness (QED) is 0.322. The van der Waals surface area contributed by atoms with Gasteiger partial charge in [-0.3, -0.25) is 4.79 Å². The number of thiazole rings is 1. The third kappa shape index (κ3) is 4.36. The molecule has 29 heavy (non-hydrogen) atoms. The zero-order chi connectivity index (χ0) is 20.2. The Labute approximate surface area is 172 Å². The third-order valence-electron chi connectivity index (χ3n) is 4.54. The van der Waals surface area contributed by atoms with Gasteiger partial charge in [0, 0.05) is 10.9 Å². The van der Waals surface area contributed by atoms with Crippen LogP contribution in [0.1, 0.15) is 23.4 Å². The molecule has 0 radical (unpaired) electrons. The van der Waals surface area contributed by atoms with Crippen LogP contribution in [0.3, 0.4) is 0 Å². The first-order valence-corrected chi connectivity index (χ1v) is 10.1. The van der Waals surface area contributed by atoms with E-state index in [4.69, 9.17) is 9.47 Å². The number of benzene rings is 2. The van der Waals surface area contributed by atoms with Gasteiger partial charge in [0.15, 0.2) is 11.5 Å². The Hall–Kier alpha value is -3.43. The van der Waals surface area contributed by atoms with Crippen LogP contribution >= 0.6 is 11.3 Å². The molecule has 0 N–H and O–H groups in total. The van der Waals surface area contributed by atoms with E-state index in [9.17, 15) is 10.1 Å². The van der Waals surface area contributed by atoms with Crippen molar-refractivity contribution < 1.29 is 14.3 Å². The van der Waals surface area contributed by atoms with Crippen molar-refractivity contribution in [1.82, 2.24) is 4.98 Å². The van der Waals surface area contributed by atoms with Crippen LogP contribution in [-0.2, 0) is 4.79 Å². The average molecular weight is 402 g/mol. The van der Waals surface area contributed by atoms with Crippen LogP contribution < -0.4 is 9.47 Å². The Balaban J connectivity index is 1.59. The summed E-state index contributed by atoms with van der Waals surface area (Å²) in [5, 5.41) is 12.2. The second-order valence-electron chi connectivity index (χ2n) is 6.68. The number of hydrogen-bond donors (Lipinski definition) is 0. The molecule has 0 unspecified atom stereocenters. The molecule has 1 aromatic heterocycles. The van der Waals surface area contributed by atoms with Gasteiger partial charge in [-0.2, -0.15) is 5.26 Å². The van der Waals surface area contributed by atoms with Crippen LogP contribution in [-0.4, -0.2) is 18.1 Å². The number of ether oxygens (including phenoxy) is 2. The Morgan fingerprint density at radius 3 is 2.69 bits per heavy atom. The molecule has 4 rings (SSSR count). The van der Waals surface area contributed by atoms with Gasteiger partial charge in [-0.25, -0.2) is 4.98 Å². The van der Waals surface area contributed by atoms with Gasteiger partial charge < -0.3 is 9.47 Å². The van der Waals surface area contributed by atoms with E-state index in [1.54, 1.807) is 24.3 Å². The van der Waals surface area contributed by atoms with Crippen molar-refractivity contribution in [3.8, 4) is 28.8 Å². The standard InChI is InChI=1S/C23H18N2O3S/c1-27-21-12-15(7-10-20(21)28-23(26)17-8-9-17)11-18(13-24)22-25-19(14-29-22)16-5-3-2-4-6-16/h2-7,10-12,14,17H,8-9H2,1H3/b18-11+. The number of aromatic nitrogens is 1. The fraction of sp³-hybridized carbons (Fsp3) is 0.174. The second kappa shape index (κ2) is 8.29. The molecule has 6 heteroatoms. The fourth-order valence-corrected chi connectivity index (χ4v) is 3.61. The Morgan fingerprint density at radius 1 is 1.21 bits per heavy atom. The Kier molecular flexibility index (Phi) is 5.41. The molecular formula is C23H18N2O3S. The lowest BCUT2D eigenvalue weighted by atomic mass is 10.1. The van der Waals surface area contributed by atoms with E-state index < -0.39 is 0 Å². The number of carbonyl (C=O) groups is 1. The summed E-state index contributed by atoms with van der Waals surface area (Å²) in [5.74, 6) is 0.628. The first-order valence-electron chi connectivity index (χ1n) is 9.21. The van der Waals surface area contributed by atoms with Crippen LogP contribution in [0.2, 0.25) is 0 Å². The number of methoxy groups -OCH3 is 1. The highest BCUT2D eigenvalue weighted by molar-refractivity contribution is 7.11. The predicted octanol–water partition coefficient (Wildman–Crippen LogP) is 5.20. The van der Waals surface area contributed by atoms with Crippen molar-refractivity contribution in [1.29, 1.82) is 5.26 Å². The molecule has 1 aliphatic rings. The van der Waals surface area contributed by atoms with Crippen LogP contribution in [0.15, 0.2) is 53.9 Å². The minimum atomic E-state index is -0.222. The number of nitrogens with zero attached hydrogens (tertiary/aromatic N) is 2. The van der Waals surface area contributed by atoms with E-state index in [1.807, 2.05) is 35.7 Å². The highest BCUT2D eigenvalue weighted by atomic mass is 32.1. The molecule has 0 amide bonds. The molecule has 144 valence electrons. The summed E-state index contributed by atoms with van der Waals surface area (Å²) in [6.45, 7) is 0. The third-order valence-corrected chi connectivity index (χ3v) is 5.42. The van der Waals surface area contributed by atoms with Crippen molar-refractivity contribution in [2.75, 3.05) is 7.11 Å². The maximum atomic E-state index is 11.9. The van der Waals surface area contributed by atoms with Crippen molar-refractivity contribution in [2.45, 2.75) is 12.8 Å². The maximum Gasteiger partial charge on any atom is 0.314 e. The highest BCUT2D eigenvalue weighted by Crippen LogP contribution is 2.35. The van der Waals surface area contributed by atoms with E-state index in [0.29, 0.717) is 22.1 Å². The average Bonchev–Trinajstić information content (AvgIpc) is 3.50. The van der Waals surface area contributed by atoms with Gasteiger partial charge in [-0.15, -0.1) is 11.3 Å². The molecule has 1 saturated carbocycles. The zero-order valence-electron chi connectivity index (χ0n) is 15.8. The van der Waals surface area contributed by atoms with Gasteiger partial charge in [0.05, 0.1) is 24.3 Å². The van der Waals surface area contributed by atoms with Crippen molar-refractivity contribution in [3.63, 3.8) is 0 Å². The molecule has 1 fully saturated rings. The molecule has 3 aromatic rings. The van der Waals surface area contributed by atoms with Gasteiger partial charge in [0.25, 0.3) is 0 Å². The summed E-state index contributed by atoms with van der Waals surface area (Å²) in [6.07, 6.45) is 3.52. The van der Waals surface area contributed by atoms with Gasteiger partial charge in [0.2, 0.25) is 0 Å². The number of rotatable bonds is 6. The largest absolute Gasteiger partial charge is 0.493 e. The molecule has 1 heterocycles. The lowest BCUT2D eigenvalue weighted by molar-refractivity contribution is -0.135. The highest BCUT2D eigenvalue weighted by Gasteiger charge is 2.32. The van der Waals surface area contributed by atoms with Crippen molar-refractivity contribution in [3.05, 3.63) is 64.5 Å². The monoisotopic (exact) mass is 402 g/mol. The molecule has 0 aliphatic heterocycles. The first-order chi connectivity index (χ1) is 14.2. The second-order valence-corrected chi connectivity index (χ2v) is 7.54. The molecular weight excluding hydrogens is 384 g/mol. The Bertz CT molecular complexity index is 1110. The predicted molar refractivity (Wildman–Crippen MR) is 112 cm³/mol. The molecule has 0 saturated heterocycles. The lowest BCUT2D eigenvalue weighted by Gasteiger charge is -2.09. The maximum absolute atomic E-state index is 11.9. The van der Waals surface area contributed by atoms with E-state index in [-0.39, 0.29) is 11.9 Å². The SMILES string of the molecule is COc1cc(/C=C(\C#N)c2nc(-c3ccccc3)cs2)ccc1OC(=O)C1CC1. The van der Waals surface area contributed by atoms with E-state index in [1.165, 1.54) is 18.4 Å². The number of nitriles is 1. The molecule has 1 aliphatic carbocycles. The van der Waals surface area contributed by atoms with Crippen LogP contribution in [0.4, 0.5) is 0 Å². The summed E-state index contributed by atoms with van der Waals surface area (Å²) in [6, 6.07) is 17.3. The van der Waals surface area contributed by atoms with Crippen LogP contribution in [0.25, 0.3) is 22.9 Å². The van der Waals surface area contributed by atoms with Gasteiger partial charge >= 0.3 is 5.97 Å². The smallest absolute Gasteiger partial charge is 0.314 e. The first kappa shape index (κ1) is 18.9. The molecule has 0 bridgehead atoms. The topological polar surface area (TPSA) is 72.2 Å². The summed E-state index contributed by atoms with van der Waals surface area (Å²) < 4.78 is 10.8. The van der Waals surface area contributed by atoms with Crippen molar-refractivity contribution >= 4 is 29.0 Å². The molecule has 0 atom stereocenters. The van der Waals surface area contributed by atoms with E-state index in [0.717, 1.165) is 29.7 Å². The summed E-state index contributed by atoms with van der Waals surface area (Å²) in [5.41, 5.74) is 3.07. The Morgan fingerprint density at radius 2 is 2.00 bits per heavy atom. The molecule has 0 spiro atoms.